The van der Waals surface area contributed by atoms with Crippen molar-refractivity contribution >= 4 is 27.9 Å². The van der Waals surface area contributed by atoms with Crippen LogP contribution < -0.4 is 9.47 Å². The van der Waals surface area contributed by atoms with Crippen LogP contribution in [-0.2, 0) is 6.42 Å². The molecule has 0 saturated carbocycles. The van der Waals surface area contributed by atoms with Gasteiger partial charge in [0.15, 0.2) is 40.5 Å². The third kappa shape index (κ3) is 4.53. The highest BCUT2D eigenvalue weighted by Crippen LogP contribution is 2.51. The molecule has 6 aromatic carbocycles. The summed E-state index contributed by atoms with van der Waals surface area (Å²) in [6.07, 6.45) is 6.51. The lowest BCUT2D eigenvalue weighted by atomic mass is 9.93. The molecule has 0 spiro atoms. The normalized spacial score (nSPS) is 13.0. The summed E-state index contributed by atoms with van der Waals surface area (Å²) in [7, 11) is 0. The molecule has 0 saturated heterocycles. The lowest BCUT2D eigenvalue weighted by Crippen LogP contribution is -2.02. The first kappa shape index (κ1) is 27.6. The van der Waals surface area contributed by atoms with Crippen molar-refractivity contribution in [2.75, 3.05) is 0 Å². The molecule has 2 aliphatic rings. The molecule has 232 valence electrons. The summed E-state index contributed by atoms with van der Waals surface area (Å²) in [5, 5.41) is 2.40. The Balaban J connectivity index is 1.16. The zero-order chi connectivity index (χ0) is 32.3. The SMILES string of the molecule is C1=Cc2ccc3c(c2CC1)c1ccc2c(c1n3-c1ccc(-c3nc(-c4ccccc4)nc(-c4ccccc4)n3)cc1)Oc1ccccc1O2. The summed E-state index contributed by atoms with van der Waals surface area (Å²) >= 11 is 0. The number of hydrogen-bond donors (Lipinski definition) is 0. The van der Waals surface area contributed by atoms with Crippen LogP contribution >= 0.6 is 0 Å². The Labute approximate surface area is 282 Å². The summed E-state index contributed by atoms with van der Waals surface area (Å²) in [5.41, 5.74) is 8.54. The van der Waals surface area contributed by atoms with E-state index >= 15 is 0 Å². The Bertz CT molecular complexity index is 2530. The molecule has 8 aromatic rings. The van der Waals surface area contributed by atoms with Gasteiger partial charge in [-0.25, -0.2) is 15.0 Å². The molecular formula is C43H28N4O2. The number of allylic oxidation sites excluding steroid dienone is 1. The second-order valence-electron chi connectivity index (χ2n) is 12.3. The zero-order valence-electron chi connectivity index (χ0n) is 26.4. The Kier molecular flexibility index (Phi) is 6.21. The third-order valence-corrected chi connectivity index (χ3v) is 9.38. The fourth-order valence-electron chi connectivity index (χ4n) is 7.09. The van der Waals surface area contributed by atoms with Crippen LogP contribution in [0.5, 0.6) is 23.0 Å². The monoisotopic (exact) mass is 632 g/mol. The molecule has 2 aromatic heterocycles. The van der Waals surface area contributed by atoms with E-state index in [9.17, 15) is 0 Å². The van der Waals surface area contributed by atoms with Gasteiger partial charge in [0.05, 0.1) is 5.52 Å². The summed E-state index contributed by atoms with van der Waals surface area (Å²) < 4.78 is 15.3. The van der Waals surface area contributed by atoms with E-state index in [1.54, 1.807) is 0 Å². The quantitative estimate of drug-likeness (QED) is 0.193. The molecule has 0 N–H and O–H groups in total. The van der Waals surface area contributed by atoms with Crippen LogP contribution in [0.1, 0.15) is 17.5 Å². The molecule has 0 atom stereocenters. The highest BCUT2D eigenvalue weighted by Gasteiger charge is 2.27. The molecule has 0 bridgehead atoms. The van der Waals surface area contributed by atoms with Crippen molar-refractivity contribution in [3.63, 3.8) is 0 Å². The van der Waals surface area contributed by atoms with Crippen LogP contribution in [0, 0.1) is 0 Å². The Morgan fingerprint density at radius 2 is 1.14 bits per heavy atom. The van der Waals surface area contributed by atoms with Gasteiger partial charge in [0, 0.05) is 33.2 Å². The first-order valence-corrected chi connectivity index (χ1v) is 16.5. The molecule has 0 amide bonds. The standard InChI is InChI=1S/C43H28N4O2/c1-3-12-28(13-4-1)41-44-42(29-14-5-2-6-15-29)46-43(45-41)30-19-22-31(23-20-30)47-34-25-21-27-11-7-8-16-32(27)38(34)33-24-26-37-40(39(33)47)49-36-18-10-9-17-35(36)48-37/h1-7,9-15,17-26H,8,16H2. The van der Waals surface area contributed by atoms with Gasteiger partial charge >= 0.3 is 0 Å². The van der Waals surface area contributed by atoms with Crippen LogP contribution in [0.3, 0.4) is 0 Å². The predicted octanol–water partition coefficient (Wildman–Crippen LogP) is 10.8. The van der Waals surface area contributed by atoms with Crippen molar-refractivity contribution in [1.29, 1.82) is 0 Å². The second-order valence-corrected chi connectivity index (χ2v) is 12.3. The second kappa shape index (κ2) is 11.0. The summed E-state index contributed by atoms with van der Waals surface area (Å²) in [6.45, 7) is 0. The smallest absolute Gasteiger partial charge is 0.194 e. The minimum absolute atomic E-state index is 0.619. The first-order valence-electron chi connectivity index (χ1n) is 16.5. The minimum Gasteiger partial charge on any atom is -0.449 e. The van der Waals surface area contributed by atoms with Crippen molar-refractivity contribution in [2.45, 2.75) is 12.8 Å². The number of ether oxygens (including phenoxy) is 2. The van der Waals surface area contributed by atoms with Gasteiger partial charge in [-0.1, -0.05) is 91.0 Å². The van der Waals surface area contributed by atoms with E-state index in [-0.39, 0.29) is 0 Å². The summed E-state index contributed by atoms with van der Waals surface area (Å²) in [6, 6.07) is 45.1. The lowest BCUT2D eigenvalue weighted by molar-refractivity contribution is 0.362. The maximum atomic E-state index is 6.64. The third-order valence-electron chi connectivity index (χ3n) is 9.38. The van der Waals surface area contributed by atoms with Gasteiger partial charge in [-0.05, 0) is 78.6 Å². The summed E-state index contributed by atoms with van der Waals surface area (Å²) in [5.74, 6) is 4.73. The van der Waals surface area contributed by atoms with Crippen LogP contribution in [0.15, 0.2) is 140 Å². The van der Waals surface area contributed by atoms with Crippen molar-refractivity contribution in [2.24, 2.45) is 0 Å². The molecule has 1 aliphatic carbocycles. The van der Waals surface area contributed by atoms with E-state index < -0.39 is 0 Å². The van der Waals surface area contributed by atoms with Gasteiger partial charge in [0.1, 0.15) is 5.52 Å². The van der Waals surface area contributed by atoms with E-state index in [1.807, 2.05) is 91.0 Å². The number of rotatable bonds is 4. The summed E-state index contributed by atoms with van der Waals surface area (Å²) in [4.78, 5) is 14.8. The molecule has 49 heavy (non-hydrogen) atoms. The molecule has 10 rings (SSSR count). The highest BCUT2D eigenvalue weighted by molar-refractivity contribution is 6.14. The van der Waals surface area contributed by atoms with E-state index in [0.29, 0.717) is 40.5 Å². The molecular weight excluding hydrogens is 604 g/mol. The van der Waals surface area contributed by atoms with Crippen molar-refractivity contribution in [1.82, 2.24) is 19.5 Å². The van der Waals surface area contributed by atoms with E-state index in [2.05, 4.69) is 59.2 Å². The Morgan fingerprint density at radius 3 is 1.82 bits per heavy atom. The van der Waals surface area contributed by atoms with Gasteiger partial charge in [-0.3, -0.25) is 0 Å². The fourth-order valence-corrected chi connectivity index (χ4v) is 7.09. The zero-order valence-corrected chi connectivity index (χ0v) is 26.4. The number of nitrogens with zero attached hydrogens (tertiary/aromatic N) is 4. The van der Waals surface area contributed by atoms with Gasteiger partial charge < -0.3 is 14.0 Å². The van der Waals surface area contributed by atoms with Gasteiger partial charge in [-0.2, -0.15) is 0 Å². The van der Waals surface area contributed by atoms with Crippen LogP contribution in [0.2, 0.25) is 0 Å². The van der Waals surface area contributed by atoms with Crippen LogP contribution in [0.4, 0.5) is 0 Å². The Hall–Kier alpha value is -6.53. The lowest BCUT2D eigenvalue weighted by Gasteiger charge is -2.22. The molecule has 0 fully saturated rings. The topological polar surface area (TPSA) is 62.1 Å². The van der Waals surface area contributed by atoms with Crippen LogP contribution in [-0.4, -0.2) is 19.5 Å². The maximum absolute atomic E-state index is 6.64. The van der Waals surface area contributed by atoms with Crippen LogP contribution in [0.25, 0.3) is 67.7 Å². The van der Waals surface area contributed by atoms with Gasteiger partial charge in [-0.15, -0.1) is 0 Å². The number of hydrogen-bond acceptors (Lipinski definition) is 5. The number of para-hydroxylation sites is 2. The molecule has 0 radical (unpaired) electrons. The molecule has 6 nitrogen and oxygen atoms in total. The number of aryl methyl sites for hydroxylation is 1. The number of benzene rings is 6. The molecule has 6 heteroatoms. The average molecular weight is 633 g/mol. The largest absolute Gasteiger partial charge is 0.449 e. The van der Waals surface area contributed by atoms with Gasteiger partial charge in [0.25, 0.3) is 0 Å². The van der Waals surface area contributed by atoms with Crippen molar-refractivity contribution in [3.05, 3.63) is 151 Å². The molecule has 1 aliphatic heterocycles. The fraction of sp³-hybridized carbons (Fsp3) is 0.0465. The van der Waals surface area contributed by atoms with Gasteiger partial charge in [0.2, 0.25) is 0 Å². The Morgan fingerprint density at radius 1 is 0.531 bits per heavy atom. The van der Waals surface area contributed by atoms with E-state index in [1.165, 1.54) is 16.5 Å². The predicted molar refractivity (Wildman–Crippen MR) is 194 cm³/mol. The van der Waals surface area contributed by atoms with Crippen molar-refractivity contribution in [3.8, 4) is 62.8 Å². The van der Waals surface area contributed by atoms with Crippen molar-refractivity contribution < 1.29 is 9.47 Å². The number of fused-ring (bicyclic) bond motifs is 8. The number of aromatic nitrogens is 4. The average Bonchev–Trinajstić information content (AvgIpc) is 3.53. The van der Waals surface area contributed by atoms with E-state index in [0.717, 1.165) is 51.6 Å². The van der Waals surface area contributed by atoms with E-state index in [4.69, 9.17) is 24.4 Å². The molecule has 0 unspecified atom stereocenters. The maximum Gasteiger partial charge on any atom is 0.194 e. The molecule has 3 heterocycles. The first-order chi connectivity index (χ1) is 24.3. The minimum atomic E-state index is 0.619. The highest BCUT2D eigenvalue weighted by atomic mass is 16.6.